The van der Waals surface area contributed by atoms with Crippen molar-refractivity contribution in [1.29, 1.82) is 0 Å². The summed E-state index contributed by atoms with van der Waals surface area (Å²) < 4.78 is 1.30. The highest BCUT2D eigenvalue weighted by Crippen LogP contribution is 2.17. The highest BCUT2D eigenvalue weighted by atomic mass is 16.6. The number of para-hydroxylation sites is 1. The zero-order valence-electron chi connectivity index (χ0n) is 9.09. The zero-order chi connectivity index (χ0) is 13.1. The van der Waals surface area contributed by atoms with Gasteiger partial charge in [-0.25, -0.2) is 4.68 Å². The van der Waals surface area contributed by atoms with Gasteiger partial charge in [-0.2, -0.15) is 5.10 Å². The van der Waals surface area contributed by atoms with E-state index in [0.29, 0.717) is 11.3 Å². The highest BCUT2D eigenvalue weighted by Gasteiger charge is 2.13. The first kappa shape index (κ1) is 11.6. The van der Waals surface area contributed by atoms with Crippen LogP contribution in [-0.2, 0) is 0 Å². The largest absolute Gasteiger partial charge is 0.409 e. The molecule has 0 aliphatic carbocycles. The number of rotatable bonds is 3. The van der Waals surface area contributed by atoms with Gasteiger partial charge in [-0.05, 0) is 12.1 Å². The lowest BCUT2D eigenvalue weighted by molar-refractivity contribution is -0.384. The quantitative estimate of drug-likeness (QED) is 0.274. The lowest BCUT2D eigenvalue weighted by atomic mass is 10.1. The van der Waals surface area contributed by atoms with Crippen LogP contribution in [0, 0.1) is 10.1 Å². The number of hydrogen-bond donors (Lipinski definition) is 2. The number of amidine groups is 1. The van der Waals surface area contributed by atoms with Gasteiger partial charge in [0.15, 0.2) is 5.84 Å². The van der Waals surface area contributed by atoms with Crippen molar-refractivity contribution in [3.63, 3.8) is 0 Å². The lowest BCUT2D eigenvalue weighted by Crippen LogP contribution is -2.16. The molecule has 2 aromatic rings. The fourth-order valence-corrected chi connectivity index (χ4v) is 1.48. The SMILES string of the molecule is N/C(=N/O)c1ccccc1-n1cc([N+](=O)[O-])cn1. The smallest absolute Gasteiger partial charge is 0.307 e. The predicted molar refractivity (Wildman–Crippen MR) is 62.7 cm³/mol. The van der Waals surface area contributed by atoms with Gasteiger partial charge in [0.25, 0.3) is 0 Å². The van der Waals surface area contributed by atoms with Crippen LogP contribution in [0.25, 0.3) is 5.69 Å². The fourth-order valence-electron chi connectivity index (χ4n) is 1.48. The number of aromatic nitrogens is 2. The molecule has 3 N–H and O–H groups in total. The number of oxime groups is 1. The molecule has 18 heavy (non-hydrogen) atoms. The molecular weight excluding hydrogens is 238 g/mol. The Morgan fingerprint density at radius 2 is 2.22 bits per heavy atom. The zero-order valence-corrected chi connectivity index (χ0v) is 9.09. The first-order valence-electron chi connectivity index (χ1n) is 4.90. The van der Waals surface area contributed by atoms with Crippen LogP contribution < -0.4 is 5.73 Å². The molecular formula is C10H9N5O3. The second-order valence-corrected chi connectivity index (χ2v) is 3.40. The van der Waals surface area contributed by atoms with Gasteiger partial charge >= 0.3 is 5.69 Å². The first-order chi connectivity index (χ1) is 8.63. The molecule has 0 saturated carbocycles. The van der Waals surface area contributed by atoms with E-state index in [2.05, 4.69) is 10.3 Å². The highest BCUT2D eigenvalue weighted by molar-refractivity contribution is 6.00. The standard InChI is InChI=1S/C10H9N5O3/c11-10(13-16)8-3-1-2-4-9(8)14-6-7(5-12-14)15(17)18/h1-6,16H,(H2,11,13). The van der Waals surface area contributed by atoms with Gasteiger partial charge in [-0.1, -0.05) is 17.3 Å². The Kier molecular flexibility index (Phi) is 2.92. The van der Waals surface area contributed by atoms with Gasteiger partial charge in [0.1, 0.15) is 12.4 Å². The third-order valence-corrected chi connectivity index (χ3v) is 2.31. The molecule has 0 aliphatic heterocycles. The van der Waals surface area contributed by atoms with Crippen molar-refractivity contribution in [1.82, 2.24) is 9.78 Å². The van der Waals surface area contributed by atoms with E-state index in [-0.39, 0.29) is 11.5 Å². The Morgan fingerprint density at radius 3 is 2.83 bits per heavy atom. The van der Waals surface area contributed by atoms with Crippen LogP contribution in [-0.4, -0.2) is 25.7 Å². The topological polar surface area (TPSA) is 120 Å². The van der Waals surface area contributed by atoms with Crippen LogP contribution in [0.2, 0.25) is 0 Å². The summed E-state index contributed by atoms with van der Waals surface area (Å²) in [6, 6.07) is 6.70. The molecule has 0 radical (unpaired) electrons. The van der Waals surface area contributed by atoms with Crippen molar-refractivity contribution >= 4 is 11.5 Å². The van der Waals surface area contributed by atoms with Gasteiger partial charge in [-0.15, -0.1) is 0 Å². The number of hydrogen-bond acceptors (Lipinski definition) is 5. The van der Waals surface area contributed by atoms with Crippen molar-refractivity contribution in [2.75, 3.05) is 0 Å². The van der Waals surface area contributed by atoms with Crippen molar-refractivity contribution in [2.24, 2.45) is 10.9 Å². The molecule has 0 atom stereocenters. The van der Waals surface area contributed by atoms with E-state index in [1.807, 2.05) is 0 Å². The Hall–Kier alpha value is -2.90. The lowest BCUT2D eigenvalue weighted by Gasteiger charge is -2.06. The average Bonchev–Trinajstić information content (AvgIpc) is 2.87. The molecule has 8 nitrogen and oxygen atoms in total. The van der Waals surface area contributed by atoms with E-state index in [4.69, 9.17) is 10.9 Å². The molecule has 0 unspecified atom stereocenters. The molecule has 0 amide bonds. The Morgan fingerprint density at radius 1 is 1.50 bits per heavy atom. The average molecular weight is 247 g/mol. The maximum Gasteiger partial charge on any atom is 0.307 e. The summed E-state index contributed by atoms with van der Waals surface area (Å²) in [5.41, 5.74) is 6.30. The van der Waals surface area contributed by atoms with Crippen molar-refractivity contribution in [2.45, 2.75) is 0 Å². The van der Waals surface area contributed by atoms with E-state index in [0.717, 1.165) is 6.20 Å². The van der Waals surface area contributed by atoms with E-state index in [1.54, 1.807) is 24.3 Å². The number of benzene rings is 1. The van der Waals surface area contributed by atoms with Crippen LogP contribution in [0.15, 0.2) is 41.8 Å². The summed E-state index contributed by atoms with van der Waals surface area (Å²) in [6.07, 6.45) is 2.38. The van der Waals surface area contributed by atoms with Crippen molar-refractivity contribution in [3.8, 4) is 5.69 Å². The van der Waals surface area contributed by atoms with Gasteiger partial charge in [-0.3, -0.25) is 10.1 Å². The maximum atomic E-state index is 10.6. The Balaban J connectivity index is 2.53. The van der Waals surface area contributed by atoms with E-state index in [9.17, 15) is 10.1 Å². The van der Waals surface area contributed by atoms with Crippen LogP contribution in [0.4, 0.5) is 5.69 Å². The van der Waals surface area contributed by atoms with Gasteiger partial charge in [0.2, 0.25) is 0 Å². The van der Waals surface area contributed by atoms with Gasteiger partial charge in [0.05, 0.1) is 10.6 Å². The molecule has 8 heteroatoms. The summed E-state index contributed by atoms with van der Waals surface area (Å²) in [6.45, 7) is 0. The number of nitro groups is 1. The van der Waals surface area contributed by atoms with Crippen LogP contribution in [0.1, 0.15) is 5.56 Å². The molecule has 0 spiro atoms. The molecule has 0 fully saturated rings. The third kappa shape index (κ3) is 1.98. The normalized spacial score (nSPS) is 11.4. The molecule has 0 bridgehead atoms. The van der Waals surface area contributed by atoms with Crippen LogP contribution >= 0.6 is 0 Å². The predicted octanol–water partition coefficient (Wildman–Crippen LogP) is 0.875. The van der Waals surface area contributed by atoms with Crippen molar-refractivity contribution in [3.05, 3.63) is 52.3 Å². The fraction of sp³-hybridized carbons (Fsp3) is 0. The van der Waals surface area contributed by atoms with E-state index < -0.39 is 4.92 Å². The van der Waals surface area contributed by atoms with Crippen LogP contribution in [0.3, 0.4) is 0 Å². The summed E-state index contributed by atoms with van der Waals surface area (Å²) in [7, 11) is 0. The molecule has 1 aromatic heterocycles. The number of nitrogens with two attached hydrogens (primary N) is 1. The summed E-state index contributed by atoms with van der Waals surface area (Å²) in [5.74, 6) is -0.0937. The molecule has 2 rings (SSSR count). The van der Waals surface area contributed by atoms with Crippen LogP contribution in [0.5, 0.6) is 0 Å². The summed E-state index contributed by atoms with van der Waals surface area (Å²) in [4.78, 5) is 10.0. The van der Waals surface area contributed by atoms with Crippen molar-refractivity contribution < 1.29 is 10.1 Å². The second-order valence-electron chi connectivity index (χ2n) is 3.40. The minimum atomic E-state index is -0.546. The molecule has 0 aliphatic rings. The molecule has 1 aromatic carbocycles. The molecule has 92 valence electrons. The molecule has 1 heterocycles. The minimum Gasteiger partial charge on any atom is -0.409 e. The minimum absolute atomic E-state index is 0.0937. The summed E-state index contributed by atoms with van der Waals surface area (Å²) >= 11 is 0. The maximum absolute atomic E-state index is 10.6. The Labute approximate surface area is 101 Å². The van der Waals surface area contributed by atoms with E-state index in [1.165, 1.54) is 10.9 Å². The van der Waals surface area contributed by atoms with Gasteiger partial charge in [0, 0.05) is 5.56 Å². The Bertz CT molecular complexity index is 619. The molecule has 0 saturated heterocycles. The number of nitrogens with zero attached hydrogens (tertiary/aromatic N) is 4. The summed E-state index contributed by atoms with van der Waals surface area (Å²) in [5, 5.41) is 26.0. The second kappa shape index (κ2) is 4.53. The van der Waals surface area contributed by atoms with E-state index >= 15 is 0 Å². The van der Waals surface area contributed by atoms with Gasteiger partial charge < -0.3 is 10.9 Å². The monoisotopic (exact) mass is 247 g/mol. The third-order valence-electron chi connectivity index (χ3n) is 2.31. The first-order valence-corrected chi connectivity index (χ1v) is 4.90.